The smallest absolute Gasteiger partial charge is 0.310 e. The molecule has 19 heavy (non-hydrogen) atoms. The van der Waals surface area contributed by atoms with Crippen LogP contribution < -0.4 is 5.32 Å². The predicted octanol–water partition coefficient (Wildman–Crippen LogP) is 2.92. The summed E-state index contributed by atoms with van der Waals surface area (Å²) in [4.78, 5) is 11.9. The molecule has 3 heteroatoms. The highest BCUT2D eigenvalue weighted by Gasteiger charge is 2.39. The molecular weight excluding hydrogens is 238 g/mol. The lowest BCUT2D eigenvalue weighted by atomic mass is 9.94. The number of methoxy groups -OCH3 is 1. The van der Waals surface area contributed by atoms with E-state index in [2.05, 4.69) is 31.3 Å². The van der Waals surface area contributed by atoms with E-state index >= 15 is 0 Å². The number of rotatable bonds is 4. The topological polar surface area (TPSA) is 38.3 Å². The zero-order valence-electron chi connectivity index (χ0n) is 11.9. The van der Waals surface area contributed by atoms with Crippen LogP contribution in [0.5, 0.6) is 0 Å². The third kappa shape index (κ3) is 3.16. The Balaban J connectivity index is 2.04. The van der Waals surface area contributed by atoms with Crippen LogP contribution in [-0.2, 0) is 9.53 Å². The van der Waals surface area contributed by atoms with Crippen molar-refractivity contribution in [1.29, 1.82) is 0 Å². The van der Waals surface area contributed by atoms with Gasteiger partial charge in [0.25, 0.3) is 0 Å². The van der Waals surface area contributed by atoms with Gasteiger partial charge in [0, 0.05) is 12.1 Å². The average molecular weight is 261 g/mol. The van der Waals surface area contributed by atoms with Gasteiger partial charge in [-0.05, 0) is 31.2 Å². The Morgan fingerprint density at radius 2 is 2.00 bits per heavy atom. The molecule has 104 valence electrons. The molecule has 0 aliphatic heterocycles. The van der Waals surface area contributed by atoms with E-state index in [-0.39, 0.29) is 24.0 Å². The van der Waals surface area contributed by atoms with Crippen LogP contribution in [0.2, 0.25) is 0 Å². The highest BCUT2D eigenvalue weighted by atomic mass is 16.5. The molecule has 0 spiro atoms. The average Bonchev–Trinajstić information content (AvgIpc) is 2.80. The van der Waals surface area contributed by atoms with Gasteiger partial charge in [-0.2, -0.15) is 0 Å². The molecule has 1 aromatic carbocycles. The molecule has 1 N–H and O–H groups in total. The lowest BCUT2D eigenvalue weighted by molar-refractivity contribution is -0.147. The first-order valence-corrected chi connectivity index (χ1v) is 7.02. The Labute approximate surface area is 115 Å². The third-order valence-corrected chi connectivity index (χ3v) is 4.22. The fourth-order valence-electron chi connectivity index (χ4n) is 3.08. The second kappa shape index (κ2) is 6.20. The second-order valence-electron chi connectivity index (χ2n) is 5.51. The van der Waals surface area contributed by atoms with Crippen LogP contribution in [0.3, 0.4) is 0 Å². The van der Waals surface area contributed by atoms with Crippen LogP contribution in [-0.4, -0.2) is 19.1 Å². The Kier molecular flexibility index (Phi) is 4.59. The first-order valence-electron chi connectivity index (χ1n) is 7.02. The van der Waals surface area contributed by atoms with E-state index in [4.69, 9.17) is 4.74 Å². The SMILES string of the molecule is COC(=O)[C@H]1[C@H](C)CC[C@H]1N[C@H](C)c1ccccc1. The quantitative estimate of drug-likeness (QED) is 0.847. The number of carbonyl (C=O) groups is 1. The molecule has 0 unspecified atom stereocenters. The van der Waals surface area contributed by atoms with E-state index in [0.717, 1.165) is 12.8 Å². The maximum atomic E-state index is 11.9. The Morgan fingerprint density at radius 3 is 2.63 bits per heavy atom. The summed E-state index contributed by atoms with van der Waals surface area (Å²) in [5, 5.41) is 3.59. The molecule has 1 aliphatic carbocycles. The Morgan fingerprint density at radius 1 is 1.32 bits per heavy atom. The van der Waals surface area contributed by atoms with Crippen molar-refractivity contribution in [3.63, 3.8) is 0 Å². The molecule has 0 amide bonds. The normalized spacial score (nSPS) is 28.1. The summed E-state index contributed by atoms with van der Waals surface area (Å²) in [6, 6.07) is 10.8. The highest BCUT2D eigenvalue weighted by Crippen LogP contribution is 2.34. The standard InChI is InChI=1S/C16H23NO2/c1-11-9-10-14(15(11)16(18)19-3)17-12(2)13-7-5-4-6-8-13/h4-8,11-12,14-15,17H,9-10H2,1-3H3/t11-,12-,14-,15+/m1/s1. The second-order valence-corrected chi connectivity index (χ2v) is 5.51. The molecule has 1 fully saturated rings. The summed E-state index contributed by atoms with van der Waals surface area (Å²) in [6.45, 7) is 4.28. The van der Waals surface area contributed by atoms with Crippen LogP contribution in [0.4, 0.5) is 0 Å². The number of esters is 1. The van der Waals surface area contributed by atoms with Crippen molar-refractivity contribution in [2.24, 2.45) is 11.8 Å². The lowest BCUT2D eigenvalue weighted by Gasteiger charge is -2.25. The minimum absolute atomic E-state index is 0.0174. The molecule has 0 saturated heterocycles. The van der Waals surface area contributed by atoms with E-state index < -0.39 is 0 Å². The first kappa shape index (κ1) is 14.1. The van der Waals surface area contributed by atoms with Gasteiger partial charge in [-0.1, -0.05) is 37.3 Å². The fraction of sp³-hybridized carbons (Fsp3) is 0.562. The Hall–Kier alpha value is -1.35. The number of hydrogen-bond donors (Lipinski definition) is 1. The molecule has 0 heterocycles. The number of ether oxygens (including phenoxy) is 1. The number of benzene rings is 1. The number of nitrogens with one attached hydrogen (secondary N) is 1. The van der Waals surface area contributed by atoms with Gasteiger partial charge < -0.3 is 10.1 Å². The molecule has 2 rings (SSSR count). The van der Waals surface area contributed by atoms with E-state index in [9.17, 15) is 4.79 Å². The molecule has 1 saturated carbocycles. The van der Waals surface area contributed by atoms with Crippen molar-refractivity contribution in [2.75, 3.05) is 7.11 Å². The summed E-state index contributed by atoms with van der Waals surface area (Å²) < 4.78 is 4.94. The van der Waals surface area contributed by atoms with Crippen molar-refractivity contribution in [3.8, 4) is 0 Å². The van der Waals surface area contributed by atoms with Gasteiger partial charge in [-0.15, -0.1) is 0 Å². The molecule has 3 nitrogen and oxygen atoms in total. The van der Waals surface area contributed by atoms with Gasteiger partial charge in [-0.25, -0.2) is 0 Å². The van der Waals surface area contributed by atoms with Crippen LogP contribution in [0.25, 0.3) is 0 Å². The van der Waals surface area contributed by atoms with Gasteiger partial charge in [0.1, 0.15) is 0 Å². The molecule has 0 radical (unpaired) electrons. The molecular formula is C16H23NO2. The monoisotopic (exact) mass is 261 g/mol. The summed E-state index contributed by atoms with van der Waals surface area (Å²) in [5.74, 6) is 0.298. The van der Waals surface area contributed by atoms with Crippen LogP contribution >= 0.6 is 0 Å². The van der Waals surface area contributed by atoms with E-state index in [1.165, 1.54) is 12.7 Å². The molecule has 1 aromatic rings. The third-order valence-electron chi connectivity index (χ3n) is 4.22. The van der Waals surface area contributed by atoms with Crippen LogP contribution in [0, 0.1) is 11.8 Å². The van der Waals surface area contributed by atoms with Crippen molar-refractivity contribution in [3.05, 3.63) is 35.9 Å². The highest BCUT2D eigenvalue weighted by molar-refractivity contribution is 5.74. The summed E-state index contributed by atoms with van der Waals surface area (Å²) in [6.07, 6.45) is 2.12. The maximum Gasteiger partial charge on any atom is 0.310 e. The maximum absolute atomic E-state index is 11.9. The van der Waals surface area contributed by atoms with Crippen molar-refractivity contribution in [1.82, 2.24) is 5.32 Å². The first-order chi connectivity index (χ1) is 9.13. The molecule has 4 atom stereocenters. The zero-order chi connectivity index (χ0) is 13.8. The fourth-order valence-corrected chi connectivity index (χ4v) is 3.08. The van der Waals surface area contributed by atoms with Gasteiger partial charge in [0.15, 0.2) is 0 Å². The summed E-state index contributed by atoms with van der Waals surface area (Å²) >= 11 is 0. The van der Waals surface area contributed by atoms with E-state index in [1.54, 1.807) is 0 Å². The summed E-state index contributed by atoms with van der Waals surface area (Å²) in [5.41, 5.74) is 1.26. The minimum Gasteiger partial charge on any atom is -0.469 e. The number of carbonyl (C=O) groups excluding carboxylic acids is 1. The van der Waals surface area contributed by atoms with Gasteiger partial charge in [0.05, 0.1) is 13.0 Å². The van der Waals surface area contributed by atoms with Crippen molar-refractivity contribution < 1.29 is 9.53 Å². The van der Waals surface area contributed by atoms with Gasteiger partial charge in [0.2, 0.25) is 0 Å². The van der Waals surface area contributed by atoms with E-state index in [1.807, 2.05) is 18.2 Å². The van der Waals surface area contributed by atoms with Gasteiger partial charge >= 0.3 is 5.97 Å². The van der Waals surface area contributed by atoms with Crippen molar-refractivity contribution >= 4 is 5.97 Å². The van der Waals surface area contributed by atoms with Crippen molar-refractivity contribution in [2.45, 2.75) is 38.8 Å². The number of hydrogen-bond acceptors (Lipinski definition) is 3. The van der Waals surface area contributed by atoms with E-state index in [0.29, 0.717) is 5.92 Å². The van der Waals surface area contributed by atoms with Crippen LogP contribution in [0.1, 0.15) is 38.3 Å². The summed E-state index contributed by atoms with van der Waals surface area (Å²) in [7, 11) is 1.48. The minimum atomic E-state index is -0.0808. The predicted molar refractivity (Wildman–Crippen MR) is 75.7 cm³/mol. The lowest BCUT2D eigenvalue weighted by Crippen LogP contribution is -2.40. The van der Waals surface area contributed by atoms with Crippen LogP contribution in [0.15, 0.2) is 30.3 Å². The molecule has 0 bridgehead atoms. The zero-order valence-corrected chi connectivity index (χ0v) is 11.9. The Bertz CT molecular complexity index is 418. The molecule has 0 aromatic heterocycles. The van der Waals surface area contributed by atoms with Gasteiger partial charge in [-0.3, -0.25) is 4.79 Å². The molecule has 1 aliphatic rings. The largest absolute Gasteiger partial charge is 0.469 e.